The number of fused-ring (bicyclic) bond motifs is 2. The number of anilines is 1. The molecule has 1 fully saturated rings. The van der Waals surface area contributed by atoms with E-state index in [-0.39, 0.29) is 5.69 Å². The van der Waals surface area contributed by atoms with Gasteiger partial charge in [-0.1, -0.05) is 0 Å². The maximum Gasteiger partial charge on any atom is 0.282 e. The number of H-pyrrole nitrogens is 1. The maximum atomic E-state index is 13.1. The second-order valence-electron chi connectivity index (χ2n) is 6.80. The van der Waals surface area contributed by atoms with Gasteiger partial charge in [-0.15, -0.1) is 0 Å². The zero-order valence-electron chi connectivity index (χ0n) is 14.9. The quantitative estimate of drug-likeness (QED) is 0.548. The molecular weight excluding hydrogens is 368 g/mol. The molecule has 1 saturated carbocycles. The van der Waals surface area contributed by atoms with Gasteiger partial charge in [-0.2, -0.15) is 10.1 Å². The van der Waals surface area contributed by atoms with Gasteiger partial charge in [-0.05, 0) is 25.0 Å². The third-order valence-electron chi connectivity index (χ3n) is 5.08. The van der Waals surface area contributed by atoms with Crippen LogP contribution in [0.25, 0.3) is 27.9 Å². The number of imidazole rings is 1. The fourth-order valence-electron chi connectivity index (χ4n) is 3.43. The van der Waals surface area contributed by atoms with Gasteiger partial charge in [0.05, 0.1) is 18.0 Å². The zero-order chi connectivity index (χ0) is 19.3. The first-order valence-electron chi connectivity index (χ1n) is 8.89. The highest BCUT2D eigenvalue weighted by Gasteiger charge is 2.29. The van der Waals surface area contributed by atoms with E-state index in [9.17, 15) is 8.78 Å². The smallest absolute Gasteiger partial charge is 0.282 e. The highest BCUT2D eigenvalue weighted by Crippen LogP contribution is 2.29. The van der Waals surface area contributed by atoms with Crippen LogP contribution in [0.15, 0.2) is 30.7 Å². The van der Waals surface area contributed by atoms with Crippen LogP contribution in [0.3, 0.4) is 0 Å². The zero-order valence-corrected chi connectivity index (χ0v) is 14.9. The van der Waals surface area contributed by atoms with Crippen molar-refractivity contribution in [3.8, 4) is 11.3 Å². The van der Waals surface area contributed by atoms with Gasteiger partial charge in [0.15, 0.2) is 5.65 Å². The molecule has 4 heterocycles. The predicted octanol–water partition coefficient (Wildman–Crippen LogP) is 3.19. The van der Waals surface area contributed by atoms with Crippen molar-refractivity contribution in [2.45, 2.75) is 31.4 Å². The molecule has 5 rings (SSSR count). The van der Waals surface area contributed by atoms with Crippen molar-refractivity contribution in [3.05, 3.63) is 36.4 Å². The Labute approximate surface area is 158 Å². The molecule has 0 bridgehead atoms. The second-order valence-corrected chi connectivity index (χ2v) is 6.80. The predicted molar refractivity (Wildman–Crippen MR) is 98.3 cm³/mol. The standard InChI is InChI=1S/C18H17F2N7O/c1-28-10-4-9(5-10)24-18-23-7-12-11(6-22-17(12)25-18)13-2-3-15-21-8-14(16(19)20)27(15)26-13/h2-3,6-10,16H,4-5H2,1H3,(H2,22,23,24,25)/t9-,10+. The number of aromatic nitrogens is 6. The average molecular weight is 385 g/mol. The summed E-state index contributed by atoms with van der Waals surface area (Å²) in [6.07, 6.45) is 4.09. The second kappa shape index (κ2) is 6.48. The Morgan fingerprint density at radius 2 is 2.11 bits per heavy atom. The van der Waals surface area contributed by atoms with Gasteiger partial charge in [0.1, 0.15) is 11.3 Å². The molecule has 144 valence electrons. The third kappa shape index (κ3) is 2.76. The Morgan fingerprint density at radius 3 is 2.89 bits per heavy atom. The molecule has 0 saturated heterocycles. The topological polar surface area (TPSA) is 93.0 Å². The molecule has 0 aliphatic heterocycles. The normalized spacial score (nSPS) is 19.4. The lowest BCUT2D eigenvalue weighted by Gasteiger charge is -2.34. The highest BCUT2D eigenvalue weighted by molar-refractivity contribution is 5.92. The fourth-order valence-corrected chi connectivity index (χ4v) is 3.43. The Kier molecular flexibility index (Phi) is 3.93. The lowest BCUT2D eigenvalue weighted by atomic mass is 9.89. The minimum absolute atomic E-state index is 0.241. The number of rotatable bonds is 5. The summed E-state index contributed by atoms with van der Waals surface area (Å²) in [5.74, 6) is 0.540. The average Bonchev–Trinajstić information content (AvgIpc) is 3.27. The van der Waals surface area contributed by atoms with Gasteiger partial charge in [0.2, 0.25) is 5.95 Å². The van der Waals surface area contributed by atoms with Crippen LogP contribution >= 0.6 is 0 Å². The van der Waals surface area contributed by atoms with Gasteiger partial charge in [-0.3, -0.25) is 0 Å². The first-order chi connectivity index (χ1) is 13.6. The number of hydrogen-bond donors (Lipinski definition) is 2. The molecule has 2 N–H and O–H groups in total. The first-order valence-corrected chi connectivity index (χ1v) is 8.89. The lowest BCUT2D eigenvalue weighted by Crippen LogP contribution is -2.40. The summed E-state index contributed by atoms with van der Waals surface area (Å²) in [6, 6.07) is 3.70. The molecule has 10 heteroatoms. The largest absolute Gasteiger partial charge is 0.381 e. The van der Waals surface area contributed by atoms with Crippen molar-refractivity contribution in [1.82, 2.24) is 29.5 Å². The Balaban J connectivity index is 1.46. The van der Waals surface area contributed by atoms with Gasteiger partial charge in [-0.25, -0.2) is 23.3 Å². The minimum Gasteiger partial charge on any atom is -0.381 e. The van der Waals surface area contributed by atoms with Crippen LogP contribution in [-0.4, -0.2) is 48.8 Å². The first kappa shape index (κ1) is 17.0. The maximum absolute atomic E-state index is 13.1. The molecule has 0 aromatic carbocycles. The molecule has 4 aromatic heterocycles. The van der Waals surface area contributed by atoms with Gasteiger partial charge >= 0.3 is 0 Å². The number of halogens is 2. The Hall–Kier alpha value is -3.14. The van der Waals surface area contributed by atoms with Crippen LogP contribution in [0, 0.1) is 0 Å². The molecule has 0 atom stereocenters. The van der Waals surface area contributed by atoms with E-state index >= 15 is 0 Å². The highest BCUT2D eigenvalue weighted by atomic mass is 19.3. The molecule has 0 unspecified atom stereocenters. The van der Waals surface area contributed by atoms with E-state index in [2.05, 4.69) is 30.4 Å². The summed E-state index contributed by atoms with van der Waals surface area (Å²) in [5.41, 5.74) is 2.05. The number of aromatic amines is 1. The molecule has 0 radical (unpaired) electrons. The van der Waals surface area contributed by atoms with E-state index in [0.717, 1.165) is 30.0 Å². The van der Waals surface area contributed by atoms with Crippen LogP contribution < -0.4 is 5.32 Å². The molecule has 1 aliphatic carbocycles. The molecule has 28 heavy (non-hydrogen) atoms. The van der Waals surface area contributed by atoms with Crippen LogP contribution in [0.4, 0.5) is 14.7 Å². The van der Waals surface area contributed by atoms with Crippen LogP contribution in [0.1, 0.15) is 25.0 Å². The van der Waals surface area contributed by atoms with Crippen molar-refractivity contribution in [1.29, 1.82) is 0 Å². The number of ether oxygens (including phenoxy) is 1. The van der Waals surface area contributed by atoms with Crippen molar-refractivity contribution in [2.75, 3.05) is 12.4 Å². The van der Waals surface area contributed by atoms with Crippen molar-refractivity contribution < 1.29 is 13.5 Å². The summed E-state index contributed by atoms with van der Waals surface area (Å²) in [5, 5.41) is 8.38. The van der Waals surface area contributed by atoms with Crippen molar-refractivity contribution in [2.24, 2.45) is 0 Å². The third-order valence-corrected chi connectivity index (χ3v) is 5.08. The minimum atomic E-state index is -2.65. The monoisotopic (exact) mass is 385 g/mol. The van der Waals surface area contributed by atoms with Gasteiger partial charge in [0, 0.05) is 36.5 Å². The number of nitrogens with one attached hydrogen (secondary N) is 2. The van der Waals surface area contributed by atoms with Crippen LogP contribution in [0.2, 0.25) is 0 Å². The van der Waals surface area contributed by atoms with E-state index in [1.54, 1.807) is 31.6 Å². The number of alkyl halides is 2. The van der Waals surface area contributed by atoms with E-state index in [1.165, 1.54) is 4.52 Å². The summed E-state index contributed by atoms with van der Waals surface area (Å²) in [6.45, 7) is 0. The molecule has 0 amide bonds. The summed E-state index contributed by atoms with van der Waals surface area (Å²) < 4.78 is 32.7. The van der Waals surface area contributed by atoms with E-state index in [1.807, 2.05) is 0 Å². The summed E-state index contributed by atoms with van der Waals surface area (Å²) in [4.78, 5) is 16.0. The molecule has 0 spiro atoms. The van der Waals surface area contributed by atoms with E-state index in [0.29, 0.717) is 35.1 Å². The van der Waals surface area contributed by atoms with Crippen LogP contribution in [-0.2, 0) is 4.74 Å². The van der Waals surface area contributed by atoms with Gasteiger partial charge < -0.3 is 15.0 Å². The summed E-state index contributed by atoms with van der Waals surface area (Å²) in [7, 11) is 1.71. The lowest BCUT2D eigenvalue weighted by molar-refractivity contribution is 0.0327. The van der Waals surface area contributed by atoms with Crippen LogP contribution in [0.5, 0.6) is 0 Å². The Bertz CT molecular complexity index is 1150. The molecule has 8 nitrogen and oxygen atoms in total. The van der Waals surface area contributed by atoms with E-state index in [4.69, 9.17) is 4.74 Å². The molecule has 1 aliphatic rings. The van der Waals surface area contributed by atoms with Crippen molar-refractivity contribution >= 4 is 22.6 Å². The summed E-state index contributed by atoms with van der Waals surface area (Å²) >= 11 is 0. The number of methoxy groups -OCH3 is 1. The van der Waals surface area contributed by atoms with Gasteiger partial charge in [0.25, 0.3) is 6.43 Å². The SMILES string of the molecule is CO[C@H]1C[C@@H](Nc2ncc3c(-c4ccc5ncc(C(F)F)n5n4)c[nH]c3n2)C1. The molecule has 4 aromatic rings. The fraction of sp³-hybridized carbons (Fsp3) is 0.333. The van der Waals surface area contributed by atoms with E-state index < -0.39 is 6.43 Å². The number of nitrogens with zero attached hydrogens (tertiary/aromatic N) is 5. The molecular formula is C18H17F2N7O. The van der Waals surface area contributed by atoms with Crippen molar-refractivity contribution in [3.63, 3.8) is 0 Å². The number of hydrogen-bond acceptors (Lipinski definition) is 6. The Morgan fingerprint density at radius 1 is 1.25 bits per heavy atom.